The first-order valence-corrected chi connectivity index (χ1v) is 7.68. The van der Waals surface area contributed by atoms with Gasteiger partial charge in [-0.25, -0.2) is 0 Å². The van der Waals surface area contributed by atoms with Gasteiger partial charge in [0.1, 0.15) is 6.04 Å². The van der Waals surface area contributed by atoms with Crippen LogP contribution in [0.3, 0.4) is 0 Å². The zero-order chi connectivity index (χ0) is 12.4. The molecule has 0 aromatic heterocycles. The van der Waals surface area contributed by atoms with Crippen LogP contribution in [0.15, 0.2) is 24.3 Å². The molecule has 1 saturated heterocycles. The van der Waals surface area contributed by atoms with E-state index in [9.17, 15) is 4.79 Å². The Morgan fingerprint density at radius 3 is 3.11 bits per heavy atom. The van der Waals surface area contributed by atoms with Gasteiger partial charge >= 0.3 is 0 Å². The topological polar surface area (TPSA) is 41.1 Å². The van der Waals surface area contributed by atoms with Gasteiger partial charge in [-0.15, -0.1) is 0 Å². The molecule has 3 nitrogen and oxygen atoms in total. The summed E-state index contributed by atoms with van der Waals surface area (Å²) in [6, 6.07) is 8.06. The number of hydrogen-bond donors (Lipinski definition) is 2. The van der Waals surface area contributed by atoms with Crippen LogP contribution in [0.4, 0.5) is 5.69 Å². The van der Waals surface area contributed by atoms with Crippen LogP contribution in [-0.4, -0.2) is 30.0 Å². The van der Waals surface area contributed by atoms with Crippen molar-refractivity contribution in [2.24, 2.45) is 5.92 Å². The molecular formula is C14H18N2OS. The van der Waals surface area contributed by atoms with Crippen molar-refractivity contribution in [2.45, 2.75) is 18.9 Å². The van der Waals surface area contributed by atoms with E-state index in [-0.39, 0.29) is 11.9 Å². The number of carbonyl (C=O) groups excluding carboxylic acids is 1. The van der Waals surface area contributed by atoms with Crippen molar-refractivity contribution < 1.29 is 4.79 Å². The predicted molar refractivity (Wildman–Crippen MR) is 76.0 cm³/mol. The maximum absolute atomic E-state index is 12.1. The molecule has 1 aromatic rings. The van der Waals surface area contributed by atoms with Crippen LogP contribution in [0, 0.1) is 5.92 Å². The number of anilines is 1. The number of thioether (sulfide) groups is 1. The predicted octanol–water partition coefficient (Wildman–Crippen LogP) is 1.89. The summed E-state index contributed by atoms with van der Waals surface area (Å²) < 4.78 is 0. The summed E-state index contributed by atoms with van der Waals surface area (Å²) in [6.45, 7) is 0.834. The smallest absolute Gasteiger partial charge is 0.242 e. The summed E-state index contributed by atoms with van der Waals surface area (Å²) in [6.07, 6.45) is 2.05. The second-order valence-corrected chi connectivity index (χ2v) is 6.18. The Morgan fingerprint density at radius 2 is 2.33 bits per heavy atom. The third kappa shape index (κ3) is 2.48. The lowest BCUT2D eigenvalue weighted by atomic mass is 10.1. The number of hydrogen-bond acceptors (Lipinski definition) is 3. The molecule has 0 radical (unpaired) electrons. The molecule has 0 aliphatic carbocycles. The molecule has 18 heavy (non-hydrogen) atoms. The molecule has 2 atom stereocenters. The molecule has 1 fully saturated rings. The van der Waals surface area contributed by atoms with Gasteiger partial charge in [-0.3, -0.25) is 4.79 Å². The molecule has 1 unspecified atom stereocenters. The minimum Gasteiger partial charge on any atom is -0.373 e. The minimum atomic E-state index is -0.0866. The standard InChI is InChI=1S/C14H18N2OS/c17-14(15-8-10-5-6-18-9-10)13-7-11-3-1-2-4-12(11)16-13/h1-4,10,13,16H,5-9H2,(H,15,17)/t10?,13-/m0/s1. The van der Waals surface area contributed by atoms with E-state index in [1.54, 1.807) is 0 Å². The number of nitrogens with one attached hydrogen (secondary N) is 2. The fraction of sp³-hybridized carbons (Fsp3) is 0.500. The molecule has 4 heteroatoms. The second kappa shape index (κ2) is 5.22. The Bertz CT molecular complexity index is 418. The summed E-state index contributed by atoms with van der Waals surface area (Å²) >= 11 is 1.99. The average molecular weight is 262 g/mol. The summed E-state index contributed by atoms with van der Waals surface area (Å²) in [5.74, 6) is 3.25. The Kier molecular flexibility index (Phi) is 3.46. The van der Waals surface area contributed by atoms with Gasteiger partial charge in [-0.1, -0.05) is 18.2 Å². The van der Waals surface area contributed by atoms with Crippen molar-refractivity contribution >= 4 is 23.4 Å². The third-order valence-electron chi connectivity index (χ3n) is 3.68. The lowest BCUT2D eigenvalue weighted by Crippen LogP contribution is -2.40. The lowest BCUT2D eigenvalue weighted by Gasteiger charge is -2.14. The molecule has 96 valence electrons. The number of para-hydroxylation sites is 1. The molecule has 0 spiro atoms. The molecule has 1 amide bonds. The number of benzene rings is 1. The van der Waals surface area contributed by atoms with E-state index in [1.165, 1.54) is 23.5 Å². The molecule has 1 aromatic carbocycles. The van der Waals surface area contributed by atoms with Gasteiger partial charge in [0.15, 0.2) is 0 Å². The fourth-order valence-electron chi connectivity index (χ4n) is 2.57. The van der Waals surface area contributed by atoms with Crippen LogP contribution in [-0.2, 0) is 11.2 Å². The van der Waals surface area contributed by atoms with E-state index >= 15 is 0 Å². The second-order valence-electron chi connectivity index (χ2n) is 5.03. The molecule has 2 aliphatic rings. The van der Waals surface area contributed by atoms with Crippen molar-refractivity contribution in [1.29, 1.82) is 0 Å². The van der Waals surface area contributed by atoms with Crippen molar-refractivity contribution in [2.75, 3.05) is 23.4 Å². The van der Waals surface area contributed by atoms with Crippen LogP contribution in [0.2, 0.25) is 0 Å². The Labute approximate surface area is 112 Å². The van der Waals surface area contributed by atoms with Gasteiger partial charge in [0.25, 0.3) is 0 Å². The monoisotopic (exact) mass is 262 g/mol. The molecule has 3 rings (SSSR count). The Hall–Kier alpha value is -1.16. The normalized spacial score (nSPS) is 25.6. The highest BCUT2D eigenvalue weighted by Gasteiger charge is 2.26. The number of amides is 1. The summed E-state index contributed by atoms with van der Waals surface area (Å²) in [7, 11) is 0. The van der Waals surface area contributed by atoms with E-state index in [2.05, 4.69) is 16.7 Å². The van der Waals surface area contributed by atoms with Crippen molar-refractivity contribution in [1.82, 2.24) is 5.32 Å². The average Bonchev–Trinajstić information content (AvgIpc) is 3.04. The SMILES string of the molecule is O=C(NCC1CCSC1)[C@@H]1Cc2ccccc2N1. The van der Waals surface area contributed by atoms with Gasteiger partial charge in [-0.05, 0) is 35.5 Å². The van der Waals surface area contributed by atoms with Gasteiger partial charge < -0.3 is 10.6 Å². The maximum Gasteiger partial charge on any atom is 0.242 e. The van der Waals surface area contributed by atoms with Crippen LogP contribution in [0.25, 0.3) is 0 Å². The maximum atomic E-state index is 12.1. The van der Waals surface area contributed by atoms with Gasteiger partial charge in [0, 0.05) is 18.7 Å². The largest absolute Gasteiger partial charge is 0.373 e. The first-order chi connectivity index (χ1) is 8.83. The quantitative estimate of drug-likeness (QED) is 0.874. The summed E-state index contributed by atoms with van der Waals surface area (Å²) in [5.41, 5.74) is 2.35. The van der Waals surface area contributed by atoms with Crippen LogP contribution < -0.4 is 10.6 Å². The Balaban J connectivity index is 1.52. The number of rotatable bonds is 3. The first-order valence-electron chi connectivity index (χ1n) is 6.53. The van der Waals surface area contributed by atoms with Crippen molar-refractivity contribution in [3.05, 3.63) is 29.8 Å². The molecule has 2 aliphatic heterocycles. The van der Waals surface area contributed by atoms with E-state index in [0.29, 0.717) is 5.92 Å². The van der Waals surface area contributed by atoms with E-state index in [1.807, 2.05) is 30.0 Å². The Morgan fingerprint density at radius 1 is 1.44 bits per heavy atom. The van der Waals surface area contributed by atoms with Crippen molar-refractivity contribution in [3.8, 4) is 0 Å². The van der Waals surface area contributed by atoms with E-state index in [4.69, 9.17) is 0 Å². The lowest BCUT2D eigenvalue weighted by molar-refractivity contribution is -0.121. The highest BCUT2D eigenvalue weighted by atomic mass is 32.2. The van der Waals surface area contributed by atoms with Gasteiger partial charge in [0.05, 0.1) is 0 Å². The zero-order valence-corrected chi connectivity index (χ0v) is 11.1. The van der Waals surface area contributed by atoms with Gasteiger partial charge in [-0.2, -0.15) is 11.8 Å². The molecular weight excluding hydrogens is 244 g/mol. The fourth-order valence-corrected chi connectivity index (χ4v) is 3.85. The molecule has 2 N–H and O–H groups in total. The molecule has 0 saturated carbocycles. The highest BCUT2D eigenvalue weighted by molar-refractivity contribution is 7.99. The van der Waals surface area contributed by atoms with Crippen molar-refractivity contribution in [3.63, 3.8) is 0 Å². The first kappa shape index (κ1) is 11.9. The molecule has 2 heterocycles. The number of carbonyl (C=O) groups is 1. The zero-order valence-electron chi connectivity index (χ0n) is 10.3. The van der Waals surface area contributed by atoms with E-state index < -0.39 is 0 Å². The van der Waals surface area contributed by atoms with Crippen LogP contribution >= 0.6 is 11.8 Å². The molecule has 0 bridgehead atoms. The third-order valence-corrected chi connectivity index (χ3v) is 4.91. The summed E-state index contributed by atoms with van der Waals surface area (Å²) in [4.78, 5) is 12.1. The minimum absolute atomic E-state index is 0.0866. The highest BCUT2D eigenvalue weighted by Crippen LogP contribution is 2.25. The van der Waals surface area contributed by atoms with Gasteiger partial charge in [0.2, 0.25) is 5.91 Å². The van der Waals surface area contributed by atoms with Crippen LogP contribution in [0.1, 0.15) is 12.0 Å². The van der Waals surface area contributed by atoms with Crippen LogP contribution in [0.5, 0.6) is 0 Å². The van der Waals surface area contributed by atoms with E-state index in [0.717, 1.165) is 18.7 Å². The number of fused-ring (bicyclic) bond motifs is 1. The summed E-state index contributed by atoms with van der Waals surface area (Å²) in [5, 5.41) is 6.38.